The van der Waals surface area contributed by atoms with Gasteiger partial charge in [-0.1, -0.05) is 23.7 Å². The third-order valence-corrected chi connectivity index (χ3v) is 6.99. The Balaban J connectivity index is 1.30. The van der Waals surface area contributed by atoms with Crippen molar-refractivity contribution in [1.82, 2.24) is 15.1 Å². The van der Waals surface area contributed by atoms with Gasteiger partial charge in [-0.3, -0.25) is 4.79 Å². The van der Waals surface area contributed by atoms with Crippen molar-refractivity contribution in [3.05, 3.63) is 34.3 Å². The van der Waals surface area contributed by atoms with Crippen LogP contribution in [-0.2, 0) is 9.53 Å². The molecule has 2 saturated heterocycles. The number of hydrogen-bond donors (Lipinski definition) is 1. The van der Waals surface area contributed by atoms with E-state index in [1.807, 2.05) is 31.0 Å². The van der Waals surface area contributed by atoms with E-state index in [4.69, 9.17) is 16.3 Å². The highest BCUT2D eigenvalue weighted by Crippen LogP contribution is 2.41. The van der Waals surface area contributed by atoms with Gasteiger partial charge in [-0.15, -0.1) is 0 Å². The van der Waals surface area contributed by atoms with Crippen molar-refractivity contribution in [3.8, 4) is 0 Å². The quantitative estimate of drug-likeness (QED) is 0.815. The molecule has 7 heteroatoms. The highest BCUT2D eigenvalue weighted by molar-refractivity contribution is 6.31. The number of aryl methyl sites for hydroxylation is 1. The molecule has 4 atom stereocenters. The molecule has 6 nitrogen and oxygen atoms in total. The molecule has 0 unspecified atom stereocenters. The van der Waals surface area contributed by atoms with Crippen molar-refractivity contribution in [1.29, 1.82) is 0 Å². The molecule has 0 spiro atoms. The summed E-state index contributed by atoms with van der Waals surface area (Å²) in [5, 5.41) is 3.94. The number of hydrogen-bond acceptors (Lipinski definition) is 3. The van der Waals surface area contributed by atoms with E-state index in [0.717, 1.165) is 42.8 Å². The molecular weight excluding hydrogens is 390 g/mol. The number of likely N-dealkylation sites (tertiary alicyclic amines) is 1. The molecule has 0 aromatic heterocycles. The number of urea groups is 1. The predicted molar refractivity (Wildman–Crippen MR) is 112 cm³/mol. The molecule has 29 heavy (non-hydrogen) atoms. The number of benzene rings is 1. The maximum Gasteiger partial charge on any atom is 0.317 e. The zero-order valence-electron chi connectivity index (χ0n) is 17.2. The fourth-order valence-corrected chi connectivity index (χ4v) is 4.62. The smallest absolute Gasteiger partial charge is 0.317 e. The van der Waals surface area contributed by atoms with Crippen molar-refractivity contribution < 1.29 is 14.3 Å². The van der Waals surface area contributed by atoms with Gasteiger partial charge in [0.25, 0.3) is 0 Å². The van der Waals surface area contributed by atoms with Crippen LogP contribution in [0, 0.1) is 12.8 Å². The number of nitrogens with zero attached hydrogens (tertiary/aromatic N) is 2. The lowest BCUT2D eigenvalue weighted by molar-refractivity contribution is -0.137. The first kappa shape index (κ1) is 20.5. The Hall–Kier alpha value is -1.79. The number of amides is 3. The summed E-state index contributed by atoms with van der Waals surface area (Å²) in [6.45, 7) is 4.60. The van der Waals surface area contributed by atoms with E-state index in [-0.39, 0.29) is 29.9 Å². The molecule has 0 radical (unpaired) electrons. The lowest BCUT2D eigenvalue weighted by Crippen LogP contribution is -2.53. The second-order valence-electron chi connectivity index (χ2n) is 8.66. The molecule has 2 heterocycles. The van der Waals surface area contributed by atoms with Gasteiger partial charge in [0.05, 0.1) is 18.6 Å². The van der Waals surface area contributed by atoms with Crippen LogP contribution in [-0.4, -0.2) is 67.2 Å². The highest BCUT2D eigenvalue weighted by Gasteiger charge is 2.41. The van der Waals surface area contributed by atoms with Crippen molar-refractivity contribution in [2.45, 2.75) is 50.6 Å². The summed E-state index contributed by atoms with van der Waals surface area (Å²) in [5.74, 6) is 0.527. The first-order valence-corrected chi connectivity index (χ1v) is 11.0. The first-order chi connectivity index (χ1) is 13.9. The van der Waals surface area contributed by atoms with Gasteiger partial charge in [0.2, 0.25) is 5.91 Å². The van der Waals surface area contributed by atoms with Gasteiger partial charge in [0.1, 0.15) is 0 Å². The van der Waals surface area contributed by atoms with Crippen LogP contribution in [0.2, 0.25) is 5.02 Å². The van der Waals surface area contributed by atoms with Gasteiger partial charge >= 0.3 is 6.03 Å². The topological polar surface area (TPSA) is 61.9 Å². The average Bonchev–Trinajstić information content (AvgIpc) is 3.26. The Bertz CT molecular complexity index is 781. The molecule has 4 rings (SSSR count). The number of rotatable bonds is 4. The van der Waals surface area contributed by atoms with E-state index >= 15 is 0 Å². The Morgan fingerprint density at radius 3 is 2.86 bits per heavy atom. The summed E-state index contributed by atoms with van der Waals surface area (Å²) in [7, 11) is 1.84. The molecule has 3 aliphatic rings. The summed E-state index contributed by atoms with van der Waals surface area (Å²) in [5.41, 5.74) is 2.30. The van der Waals surface area contributed by atoms with E-state index < -0.39 is 0 Å². The summed E-state index contributed by atoms with van der Waals surface area (Å²) in [6.07, 6.45) is 3.62. The van der Waals surface area contributed by atoms with Gasteiger partial charge in [-0.05, 0) is 49.8 Å². The van der Waals surface area contributed by atoms with E-state index in [1.165, 1.54) is 5.56 Å². The average molecular weight is 420 g/mol. The maximum atomic E-state index is 12.8. The molecule has 2 aliphatic heterocycles. The summed E-state index contributed by atoms with van der Waals surface area (Å²) in [4.78, 5) is 29.2. The number of ether oxygens (including phenoxy) is 1. The molecule has 1 aliphatic carbocycles. The van der Waals surface area contributed by atoms with Gasteiger partial charge < -0.3 is 19.9 Å². The molecule has 158 valence electrons. The van der Waals surface area contributed by atoms with Gasteiger partial charge in [0.15, 0.2) is 0 Å². The fraction of sp³-hybridized carbons (Fsp3) is 0.636. The highest BCUT2D eigenvalue weighted by atomic mass is 35.5. The van der Waals surface area contributed by atoms with Gasteiger partial charge in [0, 0.05) is 43.7 Å². The van der Waals surface area contributed by atoms with Gasteiger partial charge in [-0.2, -0.15) is 0 Å². The van der Waals surface area contributed by atoms with Crippen LogP contribution >= 0.6 is 11.6 Å². The standard InChI is InChI=1S/C22H30ClN3O3/c1-14-10-15(5-6-19(14)23)18-11-20(18)24-22(28)25(2)17-4-3-8-26(12-17)21(27)16-7-9-29-13-16/h5-6,10,16-18,20H,3-4,7-9,11-13H2,1-2H3,(H,24,28)/t16-,17-,18+,20-/m1/s1. The van der Waals surface area contributed by atoms with Crippen LogP contribution in [0.3, 0.4) is 0 Å². The lowest BCUT2D eigenvalue weighted by atomic mass is 10.0. The minimum atomic E-state index is -0.0494. The third-order valence-electron chi connectivity index (χ3n) is 6.56. The molecule has 1 N–H and O–H groups in total. The summed E-state index contributed by atoms with van der Waals surface area (Å²) < 4.78 is 5.36. The second-order valence-corrected chi connectivity index (χ2v) is 9.07. The van der Waals surface area contributed by atoms with Crippen LogP contribution in [0.1, 0.15) is 42.7 Å². The maximum absolute atomic E-state index is 12.8. The number of carbonyl (C=O) groups excluding carboxylic acids is 2. The Morgan fingerprint density at radius 2 is 2.14 bits per heavy atom. The summed E-state index contributed by atoms with van der Waals surface area (Å²) in [6, 6.07) is 6.27. The number of carbonyl (C=O) groups is 2. The van der Waals surface area contributed by atoms with Crippen molar-refractivity contribution in [2.75, 3.05) is 33.4 Å². The number of likely N-dealkylation sites (N-methyl/N-ethyl adjacent to an activating group) is 1. The van der Waals surface area contributed by atoms with Crippen LogP contribution in [0.25, 0.3) is 0 Å². The van der Waals surface area contributed by atoms with Gasteiger partial charge in [-0.25, -0.2) is 4.79 Å². The Kier molecular flexibility index (Phi) is 6.02. The zero-order valence-corrected chi connectivity index (χ0v) is 18.0. The Morgan fingerprint density at radius 1 is 1.31 bits per heavy atom. The van der Waals surface area contributed by atoms with Crippen LogP contribution in [0.15, 0.2) is 18.2 Å². The summed E-state index contributed by atoms with van der Waals surface area (Å²) >= 11 is 6.12. The van der Waals surface area contributed by atoms with Crippen LogP contribution in [0.4, 0.5) is 4.79 Å². The first-order valence-electron chi connectivity index (χ1n) is 10.6. The Labute approximate surface area is 177 Å². The molecular formula is C22H30ClN3O3. The monoisotopic (exact) mass is 419 g/mol. The molecule has 1 aromatic rings. The SMILES string of the molecule is Cc1cc([C@@H]2C[C@H]2NC(=O)N(C)[C@@H]2CCCN(C(=O)[C@@H]3CCOC3)C2)ccc1Cl. The van der Waals surface area contributed by atoms with Crippen LogP contribution in [0.5, 0.6) is 0 Å². The number of nitrogens with one attached hydrogen (secondary N) is 1. The van der Waals surface area contributed by atoms with Crippen molar-refractivity contribution >= 4 is 23.5 Å². The third kappa shape index (κ3) is 4.53. The van der Waals surface area contributed by atoms with Crippen molar-refractivity contribution in [2.24, 2.45) is 5.92 Å². The zero-order chi connectivity index (χ0) is 20.5. The van der Waals surface area contributed by atoms with Crippen molar-refractivity contribution in [3.63, 3.8) is 0 Å². The van der Waals surface area contributed by atoms with E-state index in [9.17, 15) is 9.59 Å². The largest absolute Gasteiger partial charge is 0.381 e. The minimum absolute atomic E-state index is 0.0112. The van der Waals surface area contributed by atoms with E-state index in [1.54, 1.807) is 4.90 Å². The number of piperidine rings is 1. The molecule has 3 amide bonds. The minimum Gasteiger partial charge on any atom is -0.381 e. The second kappa shape index (κ2) is 8.52. The van der Waals surface area contributed by atoms with Crippen LogP contribution < -0.4 is 5.32 Å². The molecule has 3 fully saturated rings. The molecule has 0 bridgehead atoms. The van der Waals surface area contributed by atoms with E-state index in [2.05, 4.69) is 11.4 Å². The lowest BCUT2D eigenvalue weighted by Gasteiger charge is -2.38. The molecule has 1 aromatic carbocycles. The normalized spacial score (nSPS) is 28.9. The predicted octanol–water partition coefficient (Wildman–Crippen LogP) is 3.17. The molecule has 1 saturated carbocycles. The van der Waals surface area contributed by atoms with E-state index in [0.29, 0.717) is 25.7 Å². The fourth-order valence-electron chi connectivity index (χ4n) is 4.51. The number of halogens is 1.